The van der Waals surface area contributed by atoms with Crippen molar-refractivity contribution in [1.82, 2.24) is 5.32 Å². The maximum absolute atomic E-state index is 11.8. The minimum atomic E-state index is -0.993. The summed E-state index contributed by atoms with van der Waals surface area (Å²) in [5, 5.41) is 20.7. The molecule has 0 aromatic heterocycles. The summed E-state index contributed by atoms with van der Waals surface area (Å²) in [7, 11) is 1.39. The summed E-state index contributed by atoms with van der Waals surface area (Å²) in [6.45, 7) is 0.0916. The number of amides is 1. The number of ether oxygens (including phenoxy) is 1. The Labute approximate surface area is 123 Å². The maximum Gasteiger partial charge on any atom is 0.306 e. The van der Waals surface area contributed by atoms with Crippen LogP contribution in [0.5, 0.6) is 5.75 Å². The number of hydrogen-bond donors (Lipinski definition) is 3. The van der Waals surface area contributed by atoms with Crippen molar-refractivity contribution in [2.45, 2.75) is 12.5 Å². The fraction of sp³-hybridized carbons (Fsp3) is 0.333. The Morgan fingerprint density at radius 1 is 1.47 bits per heavy atom. The molecule has 0 spiro atoms. The monoisotopic (exact) mass is 379 g/mol. The molecule has 0 fully saturated rings. The van der Waals surface area contributed by atoms with E-state index in [1.807, 2.05) is 22.6 Å². The molecule has 0 saturated carbocycles. The third-order valence-electron chi connectivity index (χ3n) is 2.43. The molecule has 0 aliphatic heterocycles. The summed E-state index contributed by atoms with van der Waals surface area (Å²) in [5.41, 5.74) is 0.308. The van der Waals surface area contributed by atoms with Crippen molar-refractivity contribution < 1.29 is 24.5 Å². The normalized spacial score (nSPS) is 11.9. The number of phenols is 1. The van der Waals surface area contributed by atoms with Crippen molar-refractivity contribution >= 4 is 34.5 Å². The largest absolute Gasteiger partial charge is 0.507 e. The molecule has 0 saturated heterocycles. The van der Waals surface area contributed by atoms with Crippen LogP contribution in [0.15, 0.2) is 18.2 Å². The summed E-state index contributed by atoms with van der Waals surface area (Å²) in [6, 6.07) is 4.56. The number of carbonyl (C=O) groups excluding carboxylic acids is 1. The molecule has 0 heterocycles. The van der Waals surface area contributed by atoms with Gasteiger partial charge in [0.15, 0.2) is 0 Å². The Kier molecular flexibility index (Phi) is 6.03. The fourth-order valence-electron chi connectivity index (χ4n) is 1.40. The second-order valence-electron chi connectivity index (χ2n) is 3.83. The van der Waals surface area contributed by atoms with Crippen molar-refractivity contribution in [1.29, 1.82) is 0 Å². The van der Waals surface area contributed by atoms with Crippen LogP contribution in [0.1, 0.15) is 16.8 Å². The number of benzene rings is 1. The highest BCUT2D eigenvalue weighted by molar-refractivity contribution is 14.1. The Hall–Kier alpha value is -1.35. The number of carboxylic acids is 1. The average Bonchev–Trinajstić information content (AvgIpc) is 2.36. The molecule has 104 valence electrons. The van der Waals surface area contributed by atoms with Crippen LogP contribution >= 0.6 is 22.6 Å². The number of methoxy groups -OCH3 is 1. The first kappa shape index (κ1) is 15.7. The smallest absolute Gasteiger partial charge is 0.306 e. The van der Waals surface area contributed by atoms with Crippen LogP contribution in [-0.4, -0.2) is 41.8 Å². The van der Waals surface area contributed by atoms with Gasteiger partial charge in [-0.05, 0) is 40.8 Å². The molecule has 6 nitrogen and oxygen atoms in total. The predicted octanol–water partition coefficient (Wildman–Crippen LogP) is 1.22. The molecule has 0 bridgehead atoms. The Bertz CT molecular complexity index is 477. The van der Waals surface area contributed by atoms with Crippen LogP contribution in [0.4, 0.5) is 0 Å². The van der Waals surface area contributed by atoms with E-state index in [4.69, 9.17) is 9.84 Å². The number of carboxylic acid groups (broad SMARTS) is 1. The summed E-state index contributed by atoms with van der Waals surface area (Å²) in [6.07, 6.45) is -0.770. The van der Waals surface area contributed by atoms with E-state index in [2.05, 4.69) is 5.32 Å². The van der Waals surface area contributed by atoms with Gasteiger partial charge in [-0.3, -0.25) is 9.59 Å². The number of aliphatic carboxylic acids is 1. The first-order valence-corrected chi connectivity index (χ1v) is 6.53. The lowest BCUT2D eigenvalue weighted by Crippen LogP contribution is -2.34. The molecule has 1 aromatic carbocycles. The van der Waals surface area contributed by atoms with Gasteiger partial charge in [0.1, 0.15) is 5.75 Å². The van der Waals surface area contributed by atoms with Gasteiger partial charge in [0.25, 0.3) is 5.91 Å². The second-order valence-corrected chi connectivity index (χ2v) is 4.99. The molecular formula is C12H14INO5. The van der Waals surface area contributed by atoms with Crippen LogP contribution < -0.4 is 5.32 Å². The van der Waals surface area contributed by atoms with E-state index in [0.29, 0.717) is 9.13 Å². The van der Waals surface area contributed by atoms with E-state index in [0.717, 1.165) is 0 Å². The number of halogens is 1. The number of hydrogen-bond acceptors (Lipinski definition) is 4. The third kappa shape index (κ3) is 5.03. The van der Waals surface area contributed by atoms with Crippen molar-refractivity contribution in [3.63, 3.8) is 0 Å². The van der Waals surface area contributed by atoms with Crippen LogP contribution in [-0.2, 0) is 9.53 Å². The van der Waals surface area contributed by atoms with Crippen molar-refractivity contribution in [3.05, 3.63) is 27.3 Å². The number of rotatable bonds is 6. The summed E-state index contributed by atoms with van der Waals surface area (Å²) in [4.78, 5) is 22.3. The van der Waals surface area contributed by atoms with E-state index in [1.54, 1.807) is 12.1 Å². The quantitative estimate of drug-likeness (QED) is 0.646. The minimum Gasteiger partial charge on any atom is -0.507 e. The van der Waals surface area contributed by atoms with Gasteiger partial charge in [-0.1, -0.05) is 0 Å². The molecular weight excluding hydrogens is 365 g/mol. The highest BCUT2D eigenvalue weighted by Gasteiger charge is 2.14. The van der Waals surface area contributed by atoms with Gasteiger partial charge in [-0.2, -0.15) is 0 Å². The van der Waals surface area contributed by atoms with Gasteiger partial charge in [0, 0.05) is 19.2 Å². The number of phenolic OH excluding ortho intramolecular Hbond substituents is 1. The second kappa shape index (κ2) is 7.29. The standard InChI is InChI=1S/C12H14INO5/c1-19-8(5-11(16)17)6-14-12(18)7-2-3-9(13)10(15)4-7/h2-4,8,15H,5-6H2,1H3,(H,14,18)(H,16,17). The highest BCUT2D eigenvalue weighted by atomic mass is 127. The molecule has 0 aliphatic carbocycles. The first-order valence-electron chi connectivity index (χ1n) is 5.45. The van der Waals surface area contributed by atoms with Crippen LogP contribution in [0.3, 0.4) is 0 Å². The molecule has 1 atom stereocenters. The molecule has 7 heteroatoms. The van der Waals surface area contributed by atoms with Crippen LogP contribution in [0.25, 0.3) is 0 Å². The molecule has 3 N–H and O–H groups in total. The predicted molar refractivity (Wildman–Crippen MR) is 76.2 cm³/mol. The van der Waals surface area contributed by atoms with Gasteiger partial charge in [0.2, 0.25) is 0 Å². The fourth-order valence-corrected chi connectivity index (χ4v) is 1.73. The van der Waals surface area contributed by atoms with Gasteiger partial charge < -0.3 is 20.3 Å². The molecule has 19 heavy (non-hydrogen) atoms. The first-order chi connectivity index (χ1) is 8.93. The molecule has 1 unspecified atom stereocenters. The van der Waals surface area contributed by atoms with Crippen LogP contribution in [0.2, 0.25) is 0 Å². The zero-order valence-corrected chi connectivity index (χ0v) is 12.4. The van der Waals surface area contributed by atoms with E-state index < -0.39 is 12.1 Å². The van der Waals surface area contributed by atoms with Crippen molar-refractivity contribution in [2.24, 2.45) is 0 Å². The lowest BCUT2D eigenvalue weighted by atomic mass is 10.2. The van der Waals surface area contributed by atoms with Gasteiger partial charge in [-0.25, -0.2) is 0 Å². The lowest BCUT2D eigenvalue weighted by Gasteiger charge is -2.14. The minimum absolute atomic E-state index is 0.0297. The Morgan fingerprint density at radius 3 is 2.68 bits per heavy atom. The van der Waals surface area contributed by atoms with E-state index in [-0.39, 0.29) is 24.6 Å². The Balaban J connectivity index is 2.59. The lowest BCUT2D eigenvalue weighted by molar-refractivity contribution is -0.139. The molecule has 1 amide bonds. The topological polar surface area (TPSA) is 95.9 Å². The molecule has 1 aromatic rings. The molecule has 0 aliphatic rings. The SMILES string of the molecule is COC(CNC(=O)c1ccc(I)c(O)c1)CC(=O)O. The summed E-state index contributed by atoms with van der Waals surface area (Å²) in [5.74, 6) is -1.35. The summed E-state index contributed by atoms with van der Waals surface area (Å²) >= 11 is 1.95. The van der Waals surface area contributed by atoms with Crippen LogP contribution in [0, 0.1) is 3.57 Å². The molecule has 1 rings (SSSR count). The molecule has 0 radical (unpaired) electrons. The van der Waals surface area contributed by atoms with Crippen molar-refractivity contribution in [2.75, 3.05) is 13.7 Å². The third-order valence-corrected chi connectivity index (χ3v) is 3.35. The number of carbonyl (C=O) groups is 2. The van der Waals surface area contributed by atoms with Gasteiger partial charge >= 0.3 is 5.97 Å². The van der Waals surface area contributed by atoms with E-state index >= 15 is 0 Å². The average molecular weight is 379 g/mol. The van der Waals surface area contributed by atoms with E-state index in [1.165, 1.54) is 13.2 Å². The maximum atomic E-state index is 11.8. The van der Waals surface area contributed by atoms with Gasteiger partial charge in [0.05, 0.1) is 16.1 Å². The van der Waals surface area contributed by atoms with Crippen molar-refractivity contribution in [3.8, 4) is 5.75 Å². The zero-order chi connectivity index (χ0) is 14.4. The zero-order valence-electron chi connectivity index (χ0n) is 10.2. The Morgan fingerprint density at radius 2 is 2.16 bits per heavy atom. The van der Waals surface area contributed by atoms with E-state index in [9.17, 15) is 14.7 Å². The highest BCUT2D eigenvalue weighted by Crippen LogP contribution is 2.20. The number of aromatic hydroxyl groups is 1. The summed E-state index contributed by atoms with van der Waals surface area (Å²) < 4.78 is 5.59. The number of nitrogens with one attached hydrogen (secondary N) is 1. The van der Waals surface area contributed by atoms with Gasteiger partial charge in [-0.15, -0.1) is 0 Å².